The first-order valence-electron chi connectivity index (χ1n) is 6.43. The molecule has 4 N–H and O–H groups in total. The molecule has 0 amide bonds. The summed E-state index contributed by atoms with van der Waals surface area (Å²) in [5, 5.41) is 0. The lowest BCUT2D eigenvalue weighted by atomic mass is 9.75. The summed E-state index contributed by atoms with van der Waals surface area (Å²) in [7, 11) is -9.68. The van der Waals surface area contributed by atoms with Crippen molar-refractivity contribution in [1.82, 2.24) is 0 Å². The Kier molecular flexibility index (Phi) is 7.06. The quantitative estimate of drug-likeness (QED) is 0.472. The Labute approximate surface area is 119 Å². The van der Waals surface area contributed by atoms with Crippen LogP contribution in [-0.4, -0.2) is 30.8 Å². The molecule has 0 unspecified atom stereocenters. The Morgan fingerprint density at radius 1 is 0.700 bits per heavy atom. The fourth-order valence-electron chi connectivity index (χ4n) is 2.67. The van der Waals surface area contributed by atoms with E-state index in [1.165, 1.54) is 0 Å². The van der Waals surface area contributed by atoms with Crippen molar-refractivity contribution in [3.63, 3.8) is 0 Å². The van der Waals surface area contributed by atoms with Gasteiger partial charge in [0, 0.05) is 0 Å². The highest BCUT2D eigenvalue weighted by Crippen LogP contribution is 2.56. The molecule has 0 atom stereocenters. The Morgan fingerprint density at radius 2 is 0.900 bits per heavy atom. The minimum atomic E-state index is -4.84. The van der Waals surface area contributed by atoms with E-state index < -0.39 is 26.8 Å². The van der Waals surface area contributed by atoms with Gasteiger partial charge in [0.2, 0.25) is 0 Å². The zero-order valence-corrected chi connectivity index (χ0v) is 13.9. The molecule has 0 bridgehead atoms. The number of rotatable bonds is 9. The topological polar surface area (TPSA) is 134 Å². The van der Waals surface area contributed by atoms with Crippen LogP contribution in [-0.2, 0) is 18.2 Å². The highest BCUT2D eigenvalue weighted by molar-refractivity contribution is 7.46. The highest BCUT2D eigenvalue weighted by Gasteiger charge is 2.55. The van der Waals surface area contributed by atoms with Gasteiger partial charge < -0.3 is 19.6 Å². The van der Waals surface area contributed by atoms with Gasteiger partial charge in [-0.1, -0.05) is 27.7 Å². The summed E-state index contributed by atoms with van der Waals surface area (Å²) in [6.45, 7) is 6.51. The summed E-state index contributed by atoms with van der Waals surface area (Å²) in [6.07, 6.45) is 0.541. The summed E-state index contributed by atoms with van der Waals surface area (Å²) >= 11 is 0. The molecule has 0 heterocycles. The fourth-order valence-corrected chi connectivity index (χ4v) is 4.43. The van der Waals surface area contributed by atoms with Crippen LogP contribution in [0.25, 0.3) is 0 Å². The van der Waals surface area contributed by atoms with Gasteiger partial charge in [0.05, 0.1) is 0 Å². The van der Waals surface area contributed by atoms with Crippen molar-refractivity contribution >= 4 is 15.6 Å². The lowest BCUT2D eigenvalue weighted by Gasteiger charge is -2.48. The van der Waals surface area contributed by atoms with E-state index in [4.69, 9.17) is 28.6 Å². The third kappa shape index (κ3) is 4.90. The average molecular weight is 334 g/mol. The molecule has 0 aromatic heterocycles. The molecule has 0 aliphatic carbocycles. The maximum Gasteiger partial charge on any atom is 0.470 e. The number of hydrogen-bond acceptors (Lipinski definition) is 4. The highest BCUT2D eigenvalue weighted by atomic mass is 31.2. The van der Waals surface area contributed by atoms with Crippen LogP contribution in [0.2, 0.25) is 0 Å². The van der Waals surface area contributed by atoms with Gasteiger partial charge in [-0.2, -0.15) is 0 Å². The van der Waals surface area contributed by atoms with Crippen LogP contribution in [0, 0.1) is 0 Å². The van der Waals surface area contributed by atoms with E-state index in [9.17, 15) is 9.13 Å². The van der Waals surface area contributed by atoms with Crippen LogP contribution in [0.5, 0.6) is 0 Å². The Morgan fingerprint density at radius 3 is 1.00 bits per heavy atom. The Bertz CT molecular complexity index is 352. The molecule has 0 spiro atoms. The van der Waals surface area contributed by atoms with Crippen LogP contribution < -0.4 is 0 Å². The molecular weight excluding hydrogens is 310 g/mol. The summed E-state index contributed by atoms with van der Waals surface area (Å²) in [5.74, 6) is 0. The van der Waals surface area contributed by atoms with Gasteiger partial charge in [-0.3, -0.25) is 9.05 Å². The number of phosphoric ester groups is 2. The van der Waals surface area contributed by atoms with Crippen molar-refractivity contribution in [2.75, 3.05) is 0 Å². The molecule has 10 heteroatoms. The van der Waals surface area contributed by atoms with E-state index >= 15 is 0 Å². The molecule has 0 aromatic carbocycles. The molecule has 0 saturated carbocycles. The predicted octanol–water partition coefficient (Wildman–Crippen LogP) is 2.32. The molecule has 0 aliphatic rings. The second-order valence-electron chi connectivity index (χ2n) is 4.57. The Balaban J connectivity index is 5.90. The molecule has 0 fully saturated rings. The second-order valence-corrected chi connectivity index (χ2v) is 6.89. The first-order valence-corrected chi connectivity index (χ1v) is 9.49. The maximum absolute atomic E-state index is 11.2. The molecule has 20 heavy (non-hydrogen) atoms. The van der Waals surface area contributed by atoms with E-state index in [0.29, 0.717) is 0 Å². The molecule has 0 rings (SSSR count). The average Bonchev–Trinajstić information content (AvgIpc) is 2.30. The molecule has 0 saturated heterocycles. The minimum absolute atomic E-state index is 0.135. The largest absolute Gasteiger partial charge is 0.470 e. The smallest absolute Gasteiger partial charge is 0.303 e. The van der Waals surface area contributed by atoms with E-state index in [-0.39, 0.29) is 25.7 Å². The SMILES string of the molecule is CCC(CC)(OP(=O)(O)O)C(CC)(CC)OP(=O)(O)O. The number of phosphoric acid groups is 2. The molecule has 122 valence electrons. The van der Waals surface area contributed by atoms with Crippen molar-refractivity contribution in [1.29, 1.82) is 0 Å². The van der Waals surface area contributed by atoms with Crippen molar-refractivity contribution < 1.29 is 37.8 Å². The predicted molar refractivity (Wildman–Crippen MR) is 72.9 cm³/mol. The number of hydrogen-bond donors (Lipinski definition) is 4. The molecular formula is C10H24O8P2. The molecule has 0 aliphatic heterocycles. The van der Waals surface area contributed by atoms with E-state index in [0.717, 1.165) is 0 Å². The van der Waals surface area contributed by atoms with Crippen molar-refractivity contribution in [3.8, 4) is 0 Å². The van der Waals surface area contributed by atoms with Crippen LogP contribution in [0.15, 0.2) is 0 Å². The van der Waals surface area contributed by atoms with Gasteiger partial charge >= 0.3 is 15.6 Å². The maximum atomic E-state index is 11.2. The fraction of sp³-hybridized carbons (Fsp3) is 1.00. The molecule has 0 radical (unpaired) electrons. The molecule has 8 nitrogen and oxygen atoms in total. The zero-order valence-electron chi connectivity index (χ0n) is 12.1. The summed E-state index contributed by atoms with van der Waals surface area (Å²) in [6, 6.07) is 0. The summed E-state index contributed by atoms with van der Waals surface area (Å²) < 4.78 is 32.3. The van der Waals surface area contributed by atoms with Gasteiger partial charge in [0.1, 0.15) is 11.2 Å². The second kappa shape index (κ2) is 6.99. The van der Waals surface area contributed by atoms with Gasteiger partial charge in [0.15, 0.2) is 0 Å². The summed E-state index contributed by atoms with van der Waals surface area (Å²) in [5.41, 5.74) is -2.98. The van der Waals surface area contributed by atoms with Crippen LogP contribution in [0.1, 0.15) is 53.4 Å². The third-order valence-electron chi connectivity index (χ3n) is 3.70. The van der Waals surface area contributed by atoms with E-state index in [2.05, 4.69) is 0 Å². The first kappa shape index (κ1) is 20.2. The third-order valence-corrected chi connectivity index (χ3v) is 4.88. The van der Waals surface area contributed by atoms with Crippen LogP contribution in [0.3, 0.4) is 0 Å². The first-order chi connectivity index (χ1) is 8.91. The van der Waals surface area contributed by atoms with Crippen molar-refractivity contribution in [3.05, 3.63) is 0 Å². The van der Waals surface area contributed by atoms with Gasteiger partial charge in [-0.15, -0.1) is 0 Å². The van der Waals surface area contributed by atoms with E-state index in [1.807, 2.05) is 0 Å². The van der Waals surface area contributed by atoms with Crippen molar-refractivity contribution in [2.24, 2.45) is 0 Å². The van der Waals surface area contributed by atoms with Gasteiger partial charge in [0.25, 0.3) is 0 Å². The van der Waals surface area contributed by atoms with E-state index in [1.54, 1.807) is 27.7 Å². The lowest BCUT2D eigenvalue weighted by Crippen LogP contribution is -2.55. The monoisotopic (exact) mass is 334 g/mol. The molecule has 0 aromatic rings. The summed E-state index contributed by atoms with van der Waals surface area (Å²) in [4.78, 5) is 36.4. The van der Waals surface area contributed by atoms with Gasteiger partial charge in [-0.25, -0.2) is 9.13 Å². The minimum Gasteiger partial charge on any atom is -0.303 e. The van der Waals surface area contributed by atoms with Gasteiger partial charge in [-0.05, 0) is 25.7 Å². The standard InChI is InChI=1S/C10H24O8P2/c1-5-9(6-2,17-19(11,12)13)10(7-3,8-4)18-20(14,15)16/h5-8H2,1-4H3,(H2,11,12,13)(H2,14,15,16). The van der Waals surface area contributed by atoms with Crippen LogP contribution >= 0.6 is 15.6 Å². The van der Waals surface area contributed by atoms with Crippen molar-refractivity contribution in [2.45, 2.75) is 64.6 Å². The van der Waals surface area contributed by atoms with Crippen LogP contribution in [0.4, 0.5) is 0 Å². The zero-order chi connectivity index (χ0) is 16.2. The Hall–Kier alpha value is 0.220. The lowest BCUT2D eigenvalue weighted by molar-refractivity contribution is -0.145. The normalized spacial score (nSPS) is 14.6.